The maximum atomic E-state index is 5.76. The highest BCUT2D eigenvalue weighted by Crippen LogP contribution is 2.23. The first kappa shape index (κ1) is 8.42. The Kier molecular flexibility index (Phi) is 2.13. The molecular formula is C11H15N2. The summed E-state index contributed by atoms with van der Waals surface area (Å²) in [5.41, 5.74) is 9.11. The molecule has 0 aromatic heterocycles. The van der Waals surface area contributed by atoms with E-state index in [0.29, 0.717) is 0 Å². The Labute approximate surface area is 79.4 Å². The summed E-state index contributed by atoms with van der Waals surface area (Å²) < 4.78 is 0. The summed E-state index contributed by atoms with van der Waals surface area (Å²) in [6.07, 6.45) is 3.51. The molecule has 0 amide bonds. The van der Waals surface area contributed by atoms with Gasteiger partial charge in [0.2, 0.25) is 0 Å². The number of nitrogens with two attached hydrogens (primary N) is 1. The lowest BCUT2D eigenvalue weighted by Crippen LogP contribution is -2.17. The molecule has 0 aliphatic carbocycles. The molecule has 13 heavy (non-hydrogen) atoms. The fourth-order valence-electron chi connectivity index (χ4n) is 1.68. The van der Waals surface area contributed by atoms with Crippen LogP contribution in [0.3, 0.4) is 0 Å². The van der Waals surface area contributed by atoms with Crippen LogP contribution in [0.25, 0.3) is 0 Å². The van der Waals surface area contributed by atoms with Gasteiger partial charge in [0, 0.05) is 24.5 Å². The first-order valence-corrected chi connectivity index (χ1v) is 4.70. The average molecular weight is 175 g/mol. The van der Waals surface area contributed by atoms with Crippen LogP contribution in [-0.4, -0.2) is 13.1 Å². The largest absolute Gasteiger partial charge is 0.399 e. The summed E-state index contributed by atoms with van der Waals surface area (Å²) in [4.78, 5) is 2.37. The van der Waals surface area contributed by atoms with Crippen molar-refractivity contribution in [3.05, 3.63) is 30.2 Å². The van der Waals surface area contributed by atoms with E-state index in [2.05, 4.69) is 30.4 Å². The highest BCUT2D eigenvalue weighted by atomic mass is 15.1. The van der Waals surface area contributed by atoms with Crippen LogP contribution in [-0.2, 0) is 0 Å². The molecule has 0 unspecified atom stereocenters. The van der Waals surface area contributed by atoms with Gasteiger partial charge in [0.05, 0.1) is 0 Å². The van der Waals surface area contributed by atoms with Crippen molar-refractivity contribution in [1.82, 2.24) is 0 Å². The van der Waals surface area contributed by atoms with Crippen molar-refractivity contribution in [2.45, 2.75) is 13.3 Å². The minimum absolute atomic E-state index is 0.881. The maximum absolute atomic E-state index is 5.76. The van der Waals surface area contributed by atoms with Gasteiger partial charge >= 0.3 is 0 Å². The Bertz CT molecular complexity index is 301. The van der Waals surface area contributed by atoms with Gasteiger partial charge in [0.25, 0.3) is 0 Å². The summed E-state index contributed by atoms with van der Waals surface area (Å²) in [5.74, 6) is 0. The minimum Gasteiger partial charge on any atom is -0.399 e. The molecule has 2 nitrogen and oxygen atoms in total. The molecule has 1 heterocycles. The molecule has 1 aliphatic heterocycles. The standard InChI is InChI=1S/C11H15N2/c1-9-8-10(4-5-11(9)12)13-6-2-3-7-13/h2,4-5,8H,3,6-7,12H2,1H3. The van der Waals surface area contributed by atoms with E-state index in [1.165, 1.54) is 17.7 Å². The number of hydrogen-bond acceptors (Lipinski definition) is 2. The predicted octanol–water partition coefficient (Wildman–Crippen LogP) is 1.99. The van der Waals surface area contributed by atoms with E-state index in [1.54, 1.807) is 0 Å². The third-order valence-corrected chi connectivity index (χ3v) is 2.57. The van der Waals surface area contributed by atoms with Crippen LogP contribution >= 0.6 is 0 Å². The van der Waals surface area contributed by atoms with Crippen LogP contribution in [0.2, 0.25) is 0 Å². The van der Waals surface area contributed by atoms with Crippen molar-refractivity contribution in [3.63, 3.8) is 0 Å². The van der Waals surface area contributed by atoms with E-state index >= 15 is 0 Å². The van der Waals surface area contributed by atoms with Gasteiger partial charge in [-0.2, -0.15) is 0 Å². The molecule has 2 heteroatoms. The summed E-state index contributed by atoms with van der Waals surface area (Å²) in [7, 11) is 0. The summed E-state index contributed by atoms with van der Waals surface area (Å²) in [6.45, 7) is 4.27. The van der Waals surface area contributed by atoms with Gasteiger partial charge in [-0.3, -0.25) is 0 Å². The van der Waals surface area contributed by atoms with Crippen molar-refractivity contribution in [2.75, 3.05) is 23.7 Å². The SMILES string of the molecule is Cc1cc(N2C[CH]CC2)ccc1N. The quantitative estimate of drug-likeness (QED) is 0.661. The lowest BCUT2D eigenvalue weighted by molar-refractivity contribution is 0.967. The van der Waals surface area contributed by atoms with E-state index in [-0.39, 0.29) is 0 Å². The summed E-state index contributed by atoms with van der Waals surface area (Å²) >= 11 is 0. The highest BCUT2D eigenvalue weighted by Gasteiger charge is 2.12. The maximum Gasteiger partial charge on any atom is 0.0370 e. The van der Waals surface area contributed by atoms with Crippen LogP contribution in [0.1, 0.15) is 12.0 Å². The molecule has 2 N–H and O–H groups in total. The molecule has 0 saturated carbocycles. The normalized spacial score (nSPS) is 16.5. The number of benzene rings is 1. The summed E-state index contributed by atoms with van der Waals surface area (Å²) in [6, 6.07) is 6.25. The summed E-state index contributed by atoms with van der Waals surface area (Å²) in [5, 5.41) is 0. The molecule has 0 bridgehead atoms. The zero-order chi connectivity index (χ0) is 9.26. The van der Waals surface area contributed by atoms with Gasteiger partial charge in [0.15, 0.2) is 0 Å². The highest BCUT2D eigenvalue weighted by molar-refractivity contribution is 5.58. The third kappa shape index (κ3) is 1.62. The fourth-order valence-corrected chi connectivity index (χ4v) is 1.68. The Balaban J connectivity index is 2.25. The predicted molar refractivity (Wildman–Crippen MR) is 56.7 cm³/mol. The molecule has 0 atom stereocenters. The first-order chi connectivity index (χ1) is 6.27. The van der Waals surface area contributed by atoms with Gasteiger partial charge in [-0.25, -0.2) is 0 Å². The lowest BCUT2D eigenvalue weighted by Gasteiger charge is -2.18. The van der Waals surface area contributed by atoms with Crippen molar-refractivity contribution < 1.29 is 0 Å². The number of nitrogen functional groups attached to an aromatic ring is 1. The second-order valence-corrected chi connectivity index (χ2v) is 3.56. The molecule has 1 saturated heterocycles. The van der Waals surface area contributed by atoms with Gasteiger partial charge < -0.3 is 10.6 Å². The van der Waals surface area contributed by atoms with Gasteiger partial charge in [-0.05, 0) is 43.5 Å². The molecule has 1 aromatic rings. The average Bonchev–Trinajstić information content (AvgIpc) is 2.62. The van der Waals surface area contributed by atoms with Gasteiger partial charge in [-0.1, -0.05) is 0 Å². The van der Waals surface area contributed by atoms with E-state index in [1.807, 2.05) is 6.07 Å². The minimum atomic E-state index is 0.881. The van der Waals surface area contributed by atoms with Crippen LogP contribution in [0.5, 0.6) is 0 Å². The van der Waals surface area contributed by atoms with E-state index in [4.69, 9.17) is 5.73 Å². The Morgan fingerprint density at radius 2 is 2.23 bits per heavy atom. The van der Waals surface area contributed by atoms with Crippen molar-refractivity contribution >= 4 is 11.4 Å². The van der Waals surface area contributed by atoms with Crippen molar-refractivity contribution in [1.29, 1.82) is 0 Å². The Morgan fingerprint density at radius 3 is 2.85 bits per heavy atom. The van der Waals surface area contributed by atoms with Crippen LogP contribution < -0.4 is 10.6 Å². The number of nitrogens with zero attached hydrogens (tertiary/aromatic N) is 1. The monoisotopic (exact) mass is 175 g/mol. The number of hydrogen-bond donors (Lipinski definition) is 1. The zero-order valence-electron chi connectivity index (χ0n) is 7.96. The van der Waals surface area contributed by atoms with Crippen molar-refractivity contribution in [3.8, 4) is 0 Å². The van der Waals surface area contributed by atoms with Crippen LogP contribution in [0.15, 0.2) is 18.2 Å². The zero-order valence-corrected chi connectivity index (χ0v) is 7.96. The van der Waals surface area contributed by atoms with E-state index < -0.39 is 0 Å². The lowest BCUT2D eigenvalue weighted by atomic mass is 10.2. The fraction of sp³-hybridized carbons (Fsp3) is 0.364. The molecule has 2 rings (SSSR count). The number of anilines is 2. The van der Waals surface area contributed by atoms with Gasteiger partial charge in [0.1, 0.15) is 0 Å². The number of aryl methyl sites for hydroxylation is 1. The molecule has 0 spiro atoms. The smallest absolute Gasteiger partial charge is 0.0370 e. The molecule has 1 fully saturated rings. The van der Waals surface area contributed by atoms with E-state index in [0.717, 1.165) is 18.8 Å². The van der Waals surface area contributed by atoms with Crippen LogP contribution in [0, 0.1) is 13.3 Å². The number of rotatable bonds is 1. The third-order valence-electron chi connectivity index (χ3n) is 2.57. The Hall–Kier alpha value is -1.18. The second kappa shape index (κ2) is 3.29. The molecule has 1 aromatic carbocycles. The van der Waals surface area contributed by atoms with Crippen LogP contribution in [0.4, 0.5) is 11.4 Å². The topological polar surface area (TPSA) is 29.3 Å². The molecule has 69 valence electrons. The van der Waals surface area contributed by atoms with Crippen molar-refractivity contribution in [2.24, 2.45) is 0 Å². The molecule has 1 radical (unpaired) electrons. The molecular weight excluding hydrogens is 160 g/mol. The Morgan fingerprint density at radius 1 is 1.38 bits per heavy atom. The molecule has 1 aliphatic rings. The van der Waals surface area contributed by atoms with E-state index in [9.17, 15) is 0 Å². The second-order valence-electron chi connectivity index (χ2n) is 3.56. The first-order valence-electron chi connectivity index (χ1n) is 4.70. The van der Waals surface area contributed by atoms with Gasteiger partial charge in [-0.15, -0.1) is 0 Å².